The maximum Gasteiger partial charge on any atom is 4.00 e. The van der Waals surface area contributed by atoms with E-state index in [0.717, 1.165) is 0 Å². The second-order valence-electron chi connectivity index (χ2n) is 4.78. The quantitative estimate of drug-likeness (QED) is 0.358. The van der Waals surface area contributed by atoms with E-state index < -0.39 is 8.07 Å². The van der Waals surface area contributed by atoms with Gasteiger partial charge in [-0.25, -0.2) is 12.1 Å². The Kier molecular flexibility index (Phi) is 14.9. The Balaban J connectivity index is -0.000000810. The van der Waals surface area contributed by atoms with Gasteiger partial charge in [0.2, 0.25) is 0 Å². The Labute approximate surface area is 163 Å². The summed E-state index contributed by atoms with van der Waals surface area (Å²) in [7, 11) is -1.49. The van der Waals surface area contributed by atoms with Crippen molar-refractivity contribution in [2.45, 2.75) is 32.9 Å². The molecule has 0 saturated heterocycles. The van der Waals surface area contributed by atoms with Crippen molar-refractivity contribution in [1.29, 1.82) is 0 Å². The van der Waals surface area contributed by atoms with Gasteiger partial charge in [-0.3, -0.25) is 0 Å². The summed E-state index contributed by atoms with van der Waals surface area (Å²) in [5, 5.41) is 3.22. The summed E-state index contributed by atoms with van der Waals surface area (Å²) in [6.45, 7) is 6.97. The summed E-state index contributed by atoms with van der Waals surface area (Å²) in [4.78, 5) is 0. The fourth-order valence-electron chi connectivity index (χ4n) is 3.00. The van der Waals surface area contributed by atoms with E-state index in [4.69, 9.17) is 0 Å². The van der Waals surface area contributed by atoms with Gasteiger partial charge in [0.15, 0.2) is 0 Å². The molecule has 0 atom stereocenters. The predicted molar refractivity (Wildman–Crippen MR) is 79.2 cm³/mol. The molecule has 0 heterocycles. The molecule has 5 heteroatoms. The molecule has 0 aromatic heterocycles. The minimum Gasteiger partial charge on any atom is -1.00 e. The first-order valence-corrected chi connectivity index (χ1v) is 8.94. The Hall–Kier alpha value is 0.371. The minimum atomic E-state index is -1.49. The van der Waals surface area contributed by atoms with Crippen molar-refractivity contribution in [2.24, 2.45) is 0 Å². The third kappa shape index (κ3) is 5.20. The van der Waals surface area contributed by atoms with Crippen molar-refractivity contribution in [2.75, 3.05) is 0 Å². The average molecular weight is 396 g/mol. The molecular formula is C16H21Cl3SiTi. The fraction of sp³-hybridized carbons (Fsp3) is 0.312. The zero-order valence-electron chi connectivity index (χ0n) is 12.7. The van der Waals surface area contributed by atoms with Crippen LogP contribution in [0.4, 0.5) is 0 Å². The first-order valence-electron chi connectivity index (χ1n) is 6.53. The van der Waals surface area contributed by atoms with Crippen LogP contribution < -0.4 is 47.6 Å². The van der Waals surface area contributed by atoms with Gasteiger partial charge in [0, 0.05) is 0 Å². The summed E-state index contributed by atoms with van der Waals surface area (Å²) in [6, 6.07) is 20.5. The molecule has 2 aromatic carbocycles. The largest absolute Gasteiger partial charge is 4.00 e. The van der Waals surface area contributed by atoms with E-state index in [9.17, 15) is 0 Å². The standard InChI is InChI=1S/C16H21Si.3ClH.Ti/c1-4-17(5-2,15-11-7-6-8-12-15)16-13-9-10-14(16)3;;;;/h6-13H,4-5H2,1-3H3;3*1H;/q-1;;;;+4/p-3. The van der Waals surface area contributed by atoms with Crippen molar-refractivity contribution in [3.05, 3.63) is 54.1 Å². The van der Waals surface area contributed by atoms with Crippen molar-refractivity contribution in [1.82, 2.24) is 0 Å². The van der Waals surface area contributed by atoms with Crippen LogP contribution in [0.5, 0.6) is 0 Å². The van der Waals surface area contributed by atoms with Crippen molar-refractivity contribution in [3.63, 3.8) is 0 Å². The van der Waals surface area contributed by atoms with Crippen molar-refractivity contribution >= 4 is 18.4 Å². The third-order valence-electron chi connectivity index (χ3n) is 4.08. The molecule has 0 fully saturated rings. The zero-order valence-corrected chi connectivity index (χ0v) is 17.5. The Morgan fingerprint density at radius 1 is 0.857 bits per heavy atom. The first kappa shape index (κ1) is 26.3. The van der Waals surface area contributed by atoms with Gasteiger partial charge in [-0.15, -0.1) is 0 Å². The van der Waals surface area contributed by atoms with Crippen LogP contribution in [-0.2, 0) is 21.7 Å². The third-order valence-corrected chi connectivity index (χ3v) is 9.53. The molecule has 114 valence electrons. The molecule has 0 aliphatic rings. The number of hydrogen-bond acceptors (Lipinski definition) is 0. The number of halogens is 3. The Morgan fingerprint density at radius 2 is 1.38 bits per heavy atom. The Morgan fingerprint density at radius 3 is 1.76 bits per heavy atom. The molecule has 0 amide bonds. The molecule has 0 saturated carbocycles. The van der Waals surface area contributed by atoms with Gasteiger partial charge in [-0.05, 0) is 0 Å². The molecule has 21 heavy (non-hydrogen) atoms. The molecule has 0 bridgehead atoms. The zero-order chi connectivity index (χ0) is 12.3. The molecule has 0 N–H and O–H groups in total. The summed E-state index contributed by atoms with van der Waals surface area (Å²) < 4.78 is 0. The predicted octanol–water partition coefficient (Wildman–Crippen LogP) is -5.67. The van der Waals surface area contributed by atoms with E-state index in [1.165, 1.54) is 17.7 Å². The van der Waals surface area contributed by atoms with Crippen LogP contribution in [0.3, 0.4) is 0 Å². The second kappa shape index (κ2) is 11.9. The van der Waals surface area contributed by atoms with Crippen LogP contribution in [0, 0.1) is 6.92 Å². The van der Waals surface area contributed by atoms with Crippen molar-refractivity contribution in [3.8, 4) is 0 Å². The second-order valence-corrected chi connectivity index (χ2v) is 9.47. The van der Waals surface area contributed by atoms with Crippen LogP contribution in [0.2, 0.25) is 12.1 Å². The monoisotopic (exact) mass is 394 g/mol. The van der Waals surface area contributed by atoms with Crippen molar-refractivity contribution < 1.29 is 58.9 Å². The van der Waals surface area contributed by atoms with E-state index in [1.54, 1.807) is 10.4 Å². The van der Waals surface area contributed by atoms with Gasteiger partial charge in [0.25, 0.3) is 0 Å². The molecule has 2 aromatic rings. The van der Waals surface area contributed by atoms with Gasteiger partial charge >= 0.3 is 21.7 Å². The molecule has 0 spiro atoms. The van der Waals surface area contributed by atoms with Gasteiger partial charge in [-0.2, -0.15) is 16.8 Å². The number of aryl methyl sites for hydroxylation is 1. The van der Waals surface area contributed by atoms with Gasteiger partial charge in [0.05, 0.1) is 8.07 Å². The normalized spacial score (nSPS) is 9.48. The van der Waals surface area contributed by atoms with Gasteiger partial charge < -0.3 is 37.2 Å². The topological polar surface area (TPSA) is 0 Å². The molecule has 2 rings (SSSR count). The Bertz CT molecular complexity index is 481. The number of hydrogen-bond donors (Lipinski definition) is 0. The minimum absolute atomic E-state index is 0. The first-order chi connectivity index (χ1) is 8.24. The molecular weight excluding hydrogens is 374 g/mol. The smallest absolute Gasteiger partial charge is 1.00 e. The maximum absolute atomic E-state index is 2.36. The maximum atomic E-state index is 2.36. The van der Waals surface area contributed by atoms with E-state index >= 15 is 0 Å². The van der Waals surface area contributed by atoms with Crippen LogP contribution in [0.25, 0.3) is 0 Å². The number of benzene rings is 1. The van der Waals surface area contributed by atoms with Crippen LogP contribution in [-0.4, -0.2) is 8.07 Å². The van der Waals surface area contributed by atoms with E-state index in [1.807, 2.05) is 0 Å². The molecule has 0 radical (unpaired) electrons. The summed E-state index contributed by atoms with van der Waals surface area (Å²) in [5.74, 6) is 0. The van der Waals surface area contributed by atoms with Crippen LogP contribution in [0.15, 0.2) is 48.5 Å². The summed E-state index contributed by atoms with van der Waals surface area (Å²) in [6.07, 6.45) is 0. The molecule has 0 aliphatic heterocycles. The number of rotatable bonds is 4. The fourth-order valence-corrected chi connectivity index (χ4v) is 7.47. The van der Waals surface area contributed by atoms with Crippen LogP contribution >= 0.6 is 0 Å². The molecule has 0 unspecified atom stereocenters. The van der Waals surface area contributed by atoms with E-state index in [0.29, 0.717) is 0 Å². The van der Waals surface area contributed by atoms with E-state index in [2.05, 4.69) is 69.3 Å². The van der Waals surface area contributed by atoms with E-state index in [-0.39, 0.29) is 58.9 Å². The average Bonchev–Trinajstić information content (AvgIpc) is 2.80. The molecule has 0 nitrogen and oxygen atoms in total. The van der Waals surface area contributed by atoms with Gasteiger partial charge in [0.1, 0.15) is 0 Å². The summed E-state index contributed by atoms with van der Waals surface area (Å²) >= 11 is 0. The SMILES string of the molecule is CC[Si](CC)(c1ccccc1)[c-]1cccc1C.[Cl-].[Cl-].[Cl-].[Ti+4]. The summed E-state index contributed by atoms with van der Waals surface area (Å²) in [5.41, 5.74) is 1.48. The molecule has 0 aliphatic carbocycles. The van der Waals surface area contributed by atoms with Crippen LogP contribution in [0.1, 0.15) is 19.4 Å². The van der Waals surface area contributed by atoms with Gasteiger partial charge in [-0.1, -0.05) is 68.4 Å².